The molecule has 10 nitrogen and oxygen atoms in total. The number of carboxylic acid groups (broad SMARTS) is 1. The average molecular weight is 463 g/mol. The molecule has 1 aliphatic heterocycles. The summed E-state index contributed by atoms with van der Waals surface area (Å²) in [6.07, 6.45) is 1.69. The van der Waals surface area contributed by atoms with Gasteiger partial charge in [0.2, 0.25) is 0 Å². The van der Waals surface area contributed by atoms with Gasteiger partial charge >= 0.3 is 12.0 Å². The van der Waals surface area contributed by atoms with Crippen molar-refractivity contribution in [3.8, 4) is 17.1 Å². The first-order valence-electron chi connectivity index (χ1n) is 10.9. The number of carbonyl (C=O) groups excluding carboxylic acids is 1. The SMILES string of the molecule is CCOc1cnc(-c2ccc(NC(=O)Nc3ccc(C(=O)O)cc3)cc2)nc1N1CCOCC1. The summed E-state index contributed by atoms with van der Waals surface area (Å²) in [6.45, 7) is 5.17. The Kier molecular flexibility index (Phi) is 7.19. The number of urea groups is 1. The van der Waals surface area contributed by atoms with E-state index in [1.807, 2.05) is 19.1 Å². The Morgan fingerprint density at radius 2 is 1.65 bits per heavy atom. The van der Waals surface area contributed by atoms with Crippen molar-refractivity contribution in [1.29, 1.82) is 0 Å². The summed E-state index contributed by atoms with van der Waals surface area (Å²) in [6, 6.07) is 12.6. The fourth-order valence-electron chi connectivity index (χ4n) is 3.45. The van der Waals surface area contributed by atoms with Gasteiger partial charge in [-0.25, -0.2) is 19.6 Å². The molecule has 0 saturated carbocycles. The number of aromatic carboxylic acids is 1. The van der Waals surface area contributed by atoms with Crippen LogP contribution in [0.4, 0.5) is 22.0 Å². The summed E-state index contributed by atoms with van der Waals surface area (Å²) in [5.74, 6) is 0.911. The van der Waals surface area contributed by atoms with E-state index in [1.54, 1.807) is 18.3 Å². The second kappa shape index (κ2) is 10.6. The van der Waals surface area contributed by atoms with Gasteiger partial charge in [-0.3, -0.25) is 0 Å². The predicted octanol–water partition coefficient (Wildman–Crippen LogP) is 3.72. The van der Waals surface area contributed by atoms with Crippen LogP contribution in [0.5, 0.6) is 5.75 Å². The fourth-order valence-corrected chi connectivity index (χ4v) is 3.45. The number of hydrogen-bond acceptors (Lipinski definition) is 7. The number of amides is 2. The van der Waals surface area contributed by atoms with Crippen LogP contribution in [-0.4, -0.2) is 60.0 Å². The molecule has 4 rings (SSSR count). The third-order valence-electron chi connectivity index (χ3n) is 5.14. The first kappa shape index (κ1) is 23.0. The third-order valence-corrected chi connectivity index (χ3v) is 5.14. The quantitative estimate of drug-likeness (QED) is 0.484. The van der Waals surface area contributed by atoms with Gasteiger partial charge in [-0.2, -0.15) is 0 Å². The Balaban J connectivity index is 1.44. The van der Waals surface area contributed by atoms with Gasteiger partial charge in [0.05, 0.1) is 31.6 Å². The molecule has 0 aliphatic carbocycles. The number of ether oxygens (including phenoxy) is 2. The lowest BCUT2D eigenvalue weighted by Gasteiger charge is -2.29. The smallest absolute Gasteiger partial charge is 0.335 e. The van der Waals surface area contributed by atoms with Crippen molar-refractivity contribution in [2.75, 3.05) is 48.4 Å². The van der Waals surface area contributed by atoms with Crippen molar-refractivity contribution in [3.63, 3.8) is 0 Å². The molecule has 176 valence electrons. The summed E-state index contributed by atoms with van der Waals surface area (Å²) in [5, 5.41) is 14.4. The molecule has 0 spiro atoms. The van der Waals surface area contributed by atoms with Crippen LogP contribution in [0.3, 0.4) is 0 Å². The minimum Gasteiger partial charge on any atom is -0.488 e. The first-order chi connectivity index (χ1) is 16.5. The minimum absolute atomic E-state index is 0.148. The Hall–Kier alpha value is -4.18. The van der Waals surface area contributed by atoms with Crippen molar-refractivity contribution in [2.24, 2.45) is 0 Å². The number of benzene rings is 2. The van der Waals surface area contributed by atoms with Gasteiger partial charge in [-0.1, -0.05) is 0 Å². The molecule has 2 heterocycles. The van der Waals surface area contributed by atoms with E-state index < -0.39 is 12.0 Å². The van der Waals surface area contributed by atoms with Gasteiger partial charge in [-0.05, 0) is 55.5 Å². The highest BCUT2D eigenvalue weighted by Gasteiger charge is 2.19. The fraction of sp³-hybridized carbons (Fsp3) is 0.250. The van der Waals surface area contributed by atoms with Crippen molar-refractivity contribution in [1.82, 2.24) is 9.97 Å². The first-order valence-corrected chi connectivity index (χ1v) is 10.9. The highest BCUT2D eigenvalue weighted by atomic mass is 16.5. The molecule has 2 aromatic carbocycles. The van der Waals surface area contributed by atoms with Crippen molar-refractivity contribution in [3.05, 3.63) is 60.3 Å². The Bertz CT molecular complexity index is 1150. The molecule has 3 aromatic rings. The van der Waals surface area contributed by atoms with Gasteiger partial charge in [0.15, 0.2) is 17.4 Å². The number of nitrogens with one attached hydrogen (secondary N) is 2. The maximum atomic E-state index is 12.3. The number of aromatic nitrogens is 2. The number of morpholine rings is 1. The molecule has 1 aliphatic rings. The normalized spacial score (nSPS) is 13.3. The van der Waals surface area contributed by atoms with Gasteiger partial charge in [0.1, 0.15) is 0 Å². The van der Waals surface area contributed by atoms with Gasteiger partial charge in [0, 0.05) is 30.0 Å². The highest BCUT2D eigenvalue weighted by molar-refractivity contribution is 6.00. The van der Waals surface area contributed by atoms with E-state index in [0.29, 0.717) is 42.8 Å². The summed E-state index contributed by atoms with van der Waals surface area (Å²) < 4.78 is 11.2. The molecular formula is C24H25N5O5. The number of anilines is 3. The Morgan fingerprint density at radius 3 is 2.24 bits per heavy atom. The number of carboxylic acids is 1. The van der Waals surface area contributed by atoms with Crippen LogP contribution < -0.4 is 20.3 Å². The monoisotopic (exact) mass is 463 g/mol. The summed E-state index contributed by atoms with van der Waals surface area (Å²) in [7, 11) is 0. The maximum Gasteiger partial charge on any atom is 0.335 e. The Labute approximate surface area is 196 Å². The van der Waals surface area contributed by atoms with E-state index in [9.17, 15) is 9.59 Å². The van der Waals surface area contributed by atoms with Crippen LogP contribution in [0.1, 0.15) is 17.3 Å². The number of carbonyl (C=O) groups is 2. The molecule has 0 atom stereocenters. The van der Waals surface area contributed by atoms with Crippen LogP contribution in [0.15, 0.2) is 54.7 Å². The topological polar surface area (TPSA) is 126 Å². The average Bonchev–Trinajstić information content (AvgIpc) is 2.86. The van der Waals surface area contributed by atoms with Crippen molar-refractivity contribution in [2.45, 2.75) is 6.92 Å². The molecule has 0 unspecified atom stereocenters. The summed E-state index contributed by atoms with van der Waals surface area (Å²) in [4.78, 5) is 34.5. The van der Waals surface area contributed by atoms with E-state index in [-0.39, 0.29) is 5.56 Å². The zero-order valence-electron chi connectivity index (χ0n) is 18.7. The molecule has 0 bridgehead atoms. The van der Waals surface area contributed by atoms with Crippen molar-refractivity contribution >= 4 is 29.2 Å². The third kappa shape index (κ3) is 5.59. The molecule has 1 fully saturated rings. The lowest BCUT2D eigenvalue weighted by Crippen LogP contribution is -2.37. The minimum atomic E-state index is -1.02. The van der Waals surface area contributed by atoms with Crippen LogP contribution >= 0.6 is 0 Å². The van der Waals surface area contributed by atoms with E-state index in [0.717, 1.165) is 24.5 Å². The molecule has 0 radical (unpaired) electrons. The predicted molar refractivity (Wildman–Crippen MR) is 128 cm³/mol. The van der Waals surface area contributed by atoms with E-state index in [1.165, 1.54) is 24.3 Å². The van der Waals surface area contributed by atoms with Gasteiger partial charge in [-0.15, -0.1) is 0 Å². The van der Waals surface area contributed by atoms with E-state index in [4.69, 9.17) is 19.6 Å². The number of hydrogen-bond donors (Lipinski definition) is 3. The Morgan fingerprint density at radius 1 is 1.03 bits per heavy atom. The van der Waals surface area contributed by atoms with Crippen LogP contribution in [0.25, 0.3) is 11.4 Å². The molecule has 10 heteroatoms. The number of rotatable bonds is 7. The molecule has 3 N–H and O–H groups in total. The van der Waals surface area contributed by atoms with Crippen LogP contribution in [0.2, 0.25) is 0 Å². The standard InChI is InChI=1S/C24H25N5O5/c1-2-34-20-15-25-21(28-22(20)29-11-13-33-14-12-29)16-3-7-18(8-4-16)26-24(32)27-19-9-5-17(6-10-19)23(30)31/h3-10,15H,2,11-14H2,1H3,(H,30,31)(H2,26,27,32). The second-order valence-electron chi connectivity index (χ2n) is 7.45. The second-order valence-corrected chi connectivity index (χ2v) is 7.45. The van der Waals surface area contributed by atoms with Gasteiger partial charge < -0.3 is 30.1 Å². The number of nitrogens with zero attached hydrogens (tertiary/aromatic N) is 3. The summed E-state index contributed by atoms with van der Waals surface area (Å²) in [5.41, 5.74) is 2.02. The molecular weight excluding hydrogens is 438 g/mol. The lowest BCUT2D eigenvalue weighted by atomic mass is 10.2. The zero-order valence-corrected chi connectivity index (χ0v) is 18.7. The lowest BCUT2D eigenvalue weighted by molar-refractivity contribution is 0.0697. The summed E-state index contributed by atoms with van der Waals surface area (Å²) >= 11 is 0. The molecule has 34 heavy (non-hydrogen) atoms. The van der Waals surface area contributed by atoms with E-state index >= 15 is 0 Å². The van der Waals surface area contributed by atoms with Crippen LogP contribution in [-0.2, 0) is 4.74 Å². The van der Waals surface area contributed by atoms with Crippen molar-refractivity contribution < 1.29 is 24.2 Å². The van der Waals surface area contributed by atoms with Crippen LogP contribution in [0, 0.1) is 0 Å². The van der Waals surface area contributed by atoms with E-state index in [2.05, 4.69) is 20.5 Å². The largest absolute Gasteiger partial charge is 0.488 e. The molecule has 1 saturated heterocycles. The highest BCUT2D eigenvalue weighted by Crippen LogP contribution is 2.29. The van der Waals surface area contributed by atoms with Gasteiger partial charge in [0.25, 0.3) is 0 Å². The molecule has 2 amide bonds. The maximum absolute atomic E-state index is 12.3. The zero-order chi connectivity index (χ0) is 23.9. The molecule has 1 aromatic heterocycles.